The van der Waals surface area contributed by atoms with Gasteiger partial charge in [-0.2, -0.15) is 0 Å². The lowest BCUT2D eigenvalue weighted by atomic mass is 10.0. The molecule has 6 nitrogen and oxygen atoms in total. The quantitative estimate of drug-likeness (QED) is 0.555. The lowest BCUT2D eigenvalue weighted by Gasteiger charge is -2.18. The molecule has 2 aromatic carbocycles. The van der Waals surface area contributed by atoms with E-state index in [4.69, 9.17) is 4.42 Å². The van der Waals surface area contributed by atoms with Crippen molar-refractivity contribution in [2.45, 2.75) is 37.2 Å². The Kier molecular flexibility index (Phi) is 6.85. The molecule has 0 saturated carbocycles. The standard InChI is InChI=1S/C22H24N2O4S/c1-2-7-21(17-8-4-3-5-9-17)24-22(25)18-11-13-20(14-12-18)29(26,27)23-16-19-10-6-15-28-19/h3-6,8-15,21,23H,2,7,16H2,1H3,(H,24,25)/t21-/m0/s1. The molecule has 152 valence electrons. The Morgan fingerprint density at radius 2 is 1.72 bits per heavy atom. The van der Waals surface area contributed by atoms with Crippen molar-refractivity contribution < 1.29 is 17.6 Å². The van der Waals surface area contributed by atoms with E-state index in [1.807, 2.05) is 30.3 Å². The Bertz CT molecular complexity index is 1010. The maximum absolute atomic E-state index is 12.7. The van der Waals surface area contributed by atoms with E-state index in [9.17, 15) is 13.2 Å². The minimum Gasteiger partial charge on any atom is -0.468 e. The first-order valence-electron chi connectivity index (χ1n) is 9.47. The van der Waals surface area contributed by atoms with Crippen LogP contribution in [0.4, 0.5) is 0 Å². The van der Waals surface area contributed by atoms with Crippen molar-refractivity contribution in [2.75, 3.05) is 0 Å². The third-order valence-electron chi connectivity index (χ3n) is 4.53. The Balaban J connectivity index is 1.67. The number of carbonyl (C=O) groups is 1. The Labute approximate surface area is 171 Å². The van der Waals surface area contributed by atoms with Gasteiger partial charge in [-0.1, -0.05) is 43.7 Å². The van der Waals surface area contributed by atoms with Crippen LogP contribution in [0.1, 0.15) is 47.5 Å². The minimum atomic E-state index is -3.70. The van der Waals surface area contributed by atoms with Crippen LogP contribution in [0.3, 0.4) is 0 Å². The summed E-state index contributed by atoms with van der Waals surface area (Å²) in [4.78, 5) is 12.7. The molecule has 3 rings (SSSR count). The summed E-state index contributed by atoms with van der Waals surface area (Å²) in [6.07, 6.45) is 3.23. The minimum absolute atomic E-state index is 0.0628. The maximum Gasteiger partial charge on any atom is 0.251 e. The monoisotopic (exact) mass is 412 g/mol. The van der Waals surface area contributed by atoms with Crippen LogP contribution < -0.4 is 10.0 Å². The summed E-state index contributed by atoms with van der Waals surface area (Å²) in [7, 11) is -3.70. The van der Waals surface area contributed by atoms with Crippen LogP contribution >= 0.6 is 0 Å². The molecule has 0 radical (unpaired) electrons. The summed E-state index contributed by atoms with van der Waals surface area (Å²) in [6.45, 7) is 2.13. The van der Waals surface area contributed by atoms with Crippen LogP contribution in [0.25, 0.3) is 0 Å². The number of rotatable bonds is 9. The van der Waals surface area contributed by atoms with Gasteiger partial charge in [-0.15, -0.1) is 0 Å². The molecule has 29 heavy (non-hydrogen) atoms. The molecule has 0 aliphatic rings. The van der Waals surface area contributed by atoms with E-state index >= 15 is 0 Å². The molecular formula is C22H24N2O4S. The van der Waals surface area contributed by atoms with Gasteiger partial charge in [0.2, 0.25) is 10.0 Å². The van der Waals surface area contributed by atoms with Crippen molar-refractivity contribution in [3.8, 4) is 0 Å². The Hall–Kier alpha value is -2.90. The maximum atomic E-state index is 12.7. The zero-order chi connectivity index (χ0) is 20.7. The number of carbonyl (C=O) groups excluding carboxylic acids is 1. The first kappa shape index (κ1) is 20.8. The van der Waals surface area contributed by atoms with E-state index in [0.717, 1.165) is 18.4 Å². The fourth-order valence-corrected chi connectivity index (χ4v) is 3.98. The number of hydrogen-bond acceptors (Lipinski definition) is 4. The molecule has 2 N–H and O–H groups in total. The second kappa shape index (κ2) is 9.54. The van der Waals surface area contributed by atoms with E-state index in [1.54, 1.807) is 12.1 Å². The molecule has 1 atom stereocenters. The smallest absolute Gasteiger partial charge is 0.251 e. The first-order chi connectivity index (χ1) is 14.0. The lowest BCUT2D eigenvalue weighted by molar-refractivity contribution is 0.0934. The van der Waals surface area contributed by atoms with Gasteiger partial charge in [0, 0.05) is 5.56 Å². The van der Waals surface area contributed by atoms with Gasteiger partial charge in [0.05, 0.1) is 23.7 Å². The molecule has 7 heteroatoms. The summed E-state index contributed by atoms with van der Waals surface area (Å²) >= 11 is 0. The lowest BCUT2D eigenvalue weighted by Crippen LogP contribution is -2.28. The van der Waals surface area contributed by atoms with Gasteiger partial charge in [0.15, 0.2) is 0 Å². The largest absolute Gasteiger partial charge is 0.468 e. The van der Waals surface area contributed by atoms with Crippen LogP contribution in [0, 0.1) is 0 Å². The average Bonchev–Trinajstić information content (AvgIpc) is 3.26. The van der Waals surface area contributed by atoms with Gasteiger partial charge in [-0.3, -0.25) is 4.79 Å². The van der Waals surface area contributed by atoms with Crippen molar-refractivity contribution >= 4 is 15.9 Å². The molecule has 0 aliphatic heterocycles. The first-order valence-corrected chi connectivity index (χ1v) is 11.0. The Morgan fingerprint density at radius 3 is 2.34 bits per heavy atom. The van der Waals surface area contributed by atoms with E-state index in [0.29, 0.717) is 11.3 Å². The summed E-state index contributed by atoms with van der Waals surface area (Å²) in [5, 5.41) is 3.04. The predicted molar refractivity (Wildman–Crippen MR) is 111 cm³/mol. The van der Waals surface area contributed by atoms with Gasteiger partial charge in [0.1, 0.15) is 5.76 Å². The molecule has 1 heterocycles. The average molecular weight is 413 g/mol. The summed E-state index contributed by atoms with van der Waals surface area (Å²) in [6, 6.07) is 19.0. The molecule has 0 bridgehead atoms. The fourth-order valence-electron chi connectivity index (χ4n) is 2.99. The van der Waals surface area contributed by atoms with E-state index in [-0.39, 0.29) is 23.4 Å². The van der Waals surface area contributed by atoms with E-state index < -0.39 is 10.0 Å². The number of amides is 1. The molecular weight excluding hydrogens is 388 g/mol. The zero-order valence-electron chi connectivity index (χ0n) is 16.2. The highest BCUT2D eigenvalue weighted by molar-refractivity contribution is 7.89. The van der Waals surface area contributed by atoms with Crippen molar-refractivity contribution in [2.24, 2.45) is 0 Å². The van der Waals surface area contributed by atoms with E-state index in [1.165, 1.54) is 30.5 Å². The second-order valence-corrected chi connectivity index (χ2v) is 8.42. The second-order valence-electron chi connectivity index (χ2n) is 6.65. The normalized spacial score (nSPS) is 12.4. The van der Waals surface area contributed by atoms with E-state index in [2.05, 4.69) is 17.0 Å². The molecule has 3 aromatic rings. The van der Waals surface area contributed by atoms with Gasteiger partial charge < -0.3 is 9.73 Å². The summed E-state index contributed by atoms with van der Waals surface area (Å²) in [5.74, 6) is 0.284. The third kappa shape index (κ3) is 5.56. The van der Waals surface area contributed by atoms with Crippen molar-refractivity contribution in [1.82, 2.24) is 10.0 Å². The molecule has 1 amide bonds. The number of sulfonamides is 1. The van der Waals surface area contributed by atoms with Crippen molar-refractivity contribution in [3.05, 3.63) is 89.9 Å². The van der Waals surface area contributed by atoms with Gasteiger partial charge >= 0.3 is 0 Å². The van der Waals surface area contributed by atoms with Crippen LogP contribution in [-0.4, -0.2) is 14.3 Å². The number of hydrogen-bond donors (Lipinski definition) is 2. The highest BCUT2D eigenvalue weighted by atomic mass is 32.2. The number of furan rings is 1. The molecule has 0 spiro atoms. The topological polar surface area (TPSA) is 88.4 Å². The fraction of sp³-hybridized carbons (Fsp3) is 0.227. The van der Waals surface area contributed by atoms with Crippen LogP contribution in [0.15, 0.2) is 82.3 Å². The van der Waals surface area contributed by atoms with Crippen LogP contribution in [0.5, 0.6) is 0 Å². The number of nitrogens with one attached hydrogen (secondary N) is 2. The van der Waals surface area contributed by atoms with Gasteiger partial charge in [-0.05, 0) is 48.4 Å². The highest BCUT2D eigenvalue weighted by Crippen LogP contribution is 2.19. The zero-order valence-corrected chi connectivity index (χ0v) is 17.0. The van der Waals surface area contributed by atoms with Gasteiger partial charge in [-0.25, -0.2) is 13.1 Å². The molecule has 0 fully saturated rings. The summed E-state index contributed by atoms with van der Waals surface area (Å²) < 4.78 is 32.4. The van der Waals surface area contributed by atoms with Crippen molar-refractivity contribution in [3.63, 3.8) is 0 Å². The molecule has 1 aromatic heterocycles. The molecule has 0 unspecified atom stereocenters. The van der Waals surface area contributed by atoms with Gasteiger partial charge in [0.25, 0.3) is 5.91 Å². The summed E-state index contributed by atoms with van der Waals surface area (Å²) in [5.41, 5.74) is 1.45. The molecule has 0 aliphatic carbocycles. The Morgan fingerprint density at radius 1 is 1.00 bits per heavy atom. The van der Waals surface area contributed by atoms with Crippen LogP contribution in [-0.2, 0) is 16.6 Å². The molecule has 0 saturated heterocycles. The SMILES string of the molecule is CCC[C@H](NC(=O)c1ccc(S(=O)(=O)NCc2ccco2)cc1)c1ccccc1. The number of benzene rings is 2. The van der Waals surface area contributed by atoms with Crippen LogP contribution in [0.2, 0.25) is 0 Å². The van der Waals surface area contributed by atoms with Crippen molar-refractivity contribution in [1.29, 1.82) is 0 Å². The highest BCUT2D eigenvalue weighted by Gasteiger charge is 2.18. The predicted octanol–water partition coefficient (Wildman–Crippen LogP) is 4.03. The third-order valence-corrected chi connectivity index (χ3v) is 5.95.